The van der Waals surface area contributed by atoms with Crippen LogP contribution in [0.25, 0.3) is 11.1 Å². The van der Waals surface area contributed by atoms with Gasteiger partial charge in [0.2, 0.25) is 0 Å². The molecule has 0 saturated heterocycles. The van der Waals surface area contributed by atoms with Crippen molar-refractivity contribution >= 4 is 0 Å². The van der Waals surface area contributed by atoms with Crippen LogP contribution in [-0.4, -0.2) is 6.54 Å². The SMILES string of the molecule is CCCNCc1ccccc1-c1ccc(F)c(C)c1. The van der Waals surface area contributed by atoms with E-state index in [2.05, 4.69) is 24.4 Å². The van der Waals surface area contributed by atoms with Crippen LogP contribution in [0.15, 0.2) is 42.5 Å². The van der Waals surface area contributed by atoms with Gasteiger partial charge in [-0.05, 0) is 54.3 Å². The molecular formula is C17H20FN. The monoisotopic (exact) mass is 257 g/mol. The van der Waals surface area contributed by atoms with Crippen molar-refractivity contribution in [3.8, 4) is 11.1 Å². The topological polar surface area (TPSA) is 12.0 Å². The van der Waals surface area contributed by atoms with Crippen molar-refractivity contribution in [2.45, 2.75) is 26.8 Å². The van der Waals surface area contributed by atoms with Crippen LogP contribution >= 0.6 is 0 Å². The molecule has 0 unspecified atom stereocenters. The first kappa shape index (κ1) is 13.8. The van der Waals surface area contributed by atoms with Crippen LogP contribution in [0, 0.1) is 12.7 Å². The first-order chi connectivity index (χ1) is 9.22. The predicted molar refractivity (Wildman–Crippen MR) is 78.6 cm³/mol. The molecule has 0 fully saturated rings. The van der Waals surface area contributed by atoms with Gasteiger partial charge in [-0.25, -0.2) is 4.39 Å². The van der Waals surface area contributed by atoms with Gasteiger partial charge in [-0.2, -0.15) is 0 Å². The van der Waals surface area contributed by atoms with Crippen molar-refractivity contribution in [3.63, 3.8) is 0 Å². The van der Waals surface area contributed by atoms with Gasteiger partial charge < -0.3 is 5.32 Å². The van der Waals surface area contributed by atoms with Crippen molar-refractivity contribution in [2.24, 2.45) is 0 Å². The second kappa shape index (κ2) is 6.48. The van der Waals surface area contributed by atoms with Crippen LogP contribution in [-0.2, 0) is 6.54 Å². The minimum Gasteiger partial charge on any atom is -0.313 e. The van der Waals surface area contributed by atoms with Crippen LogP contribution in [0.5, 0.6) is 0 Å². The Morgan fingerprint density at radius 3 is 2.63 bits per heavy atom. The Morgan fingerprint density at radius 2 is 1.89 bits per heavy atom. The van der Waals surface area contributed by atoms with E-state index in [4.69, 9.17) is 0 Å². The lowest BCUT2D eigenvalue weighted by Crippen LogP contribution is -2.14. The number of nitrogens with one attached hydrogen (secondary N) is 1. The third kappa shape index (κ3) is 3.42. The fraction of sp³-hybridized carbons (Fsp3) is 0.294. The van der Waals surface area contributed by atoms with Crippen molar-refractivity contribution in [3.05, 3.63) is 59.4 Å². The highest BCUT2D eigenvalue weighted by Crippen LogP contribution is 2.25. The molecular weight excluding hydrogens is 237 g/mol. The molecule has 0 radical (unpaired) electrons. The molecule has 0 spiro atoms. The molecule has 0 bridgehead atoms. The second-order valence-electron chi connectivity index (χ2n) is 4.80. The van der Waals surface area contributed by atoms with E-state index in [1.54, 1.807) is 13.0 Å². The molecule has 2 rings (SSSR count). The van der Waals surface area contributed by atoms with E-state index in [0.717, 1.165) is 25.1 Å². The van der Waals surface area contributed by atoms with Crippen molar-refractivity contribution in [2.75, 3.05) is 6.54 Å². The van der Waals surface area contributed by atoms with E-state index in [0.29, 0.717) is 5.56 Å². The first-order valence-electron chi connectivity index (χ1n) is 6.77. The number of rotatable bonds is 5. The summed E-state index contributed by atoms with van der Waals surface area (Å²) < 4.78 is 13.4. The van der Waals surface area contributed by atoms with E-state index in [-0.39, 0.29) is 5.82 Å². The molecule has 0 aliphatic rings. The maximum absolute atomic E-state index is 13.4. The molecule has 0 saturated carbocycles. The van der Waals surface area contributed by atoms with Gasteiger partial charge in [-0.15, -0.1) is 0 Å². The van der Waals surface area contributed by atoms with Gasteiger partial charge in [0.25, 0.3) is 0 Å². The van der Waals surface area contributed by atoms with E-state index < -0.39 is 0 Å². The summed E-state index contributed by atoms with van der Waals surface area (Å²) >= 11 is 0. The molecule has 19 heavy (non-hydrogen) atoms. The summed E-state index contributed by atoms with van der Waals surface area (Å²) in [4.78, 5) is 0. The quantitative estimate of drug-likeness (QED) is 0.787. The summed E-state index contributed by atoms with van der Waals surface area (Å²) in [7, 11) is 0. The van der Waals surface area contributed by atoms with E-state index in [9.17, 15) is 4.39 Å². The summed E-state index contributed by atoms with van der Waals surface area (Å²) in [6, 6.07) is 13.6. The standard InChI is InChI=1S/C17H20FN/c1-3-10-19-12-15-6-4-5-7-16(15)14-8-9-17(18)13(2)11-14/h4-9,11,19H,3,10,12H2,1-2H3. The highest BCUT2D eigenvalue weighted by Gasteiger charge is 2.06. The average Bonchev–Trinajstić information content (AvgIpc) is 2.43. The zero-order valence-electron chi connectivity index (χ0n) is 11.5. The summed E-state index contributed by atoms with van der Waals surface area (Å²) in [6.07, 6.45) is 1.12. The molecule has 0 heterocycles. The lowest BCUT2D eigenvalue weighted by atomic mass is 9.98. The number of hydrogen-bond acceptors (Lipinski definition) is 1. The summed E-state index contributed by atoms with van der Waals surface area (Å²) in [5, 5.41) is 3.41. The van der Waals surface area contributed by atoms with Crippen molar-refractivity contribution in [1.82, 2.24) is 5.32 Å². The van der Waals surface area contributed by atoms with E-state index in [1.807, 2.05) is 24.3 Å². The minimum atomic E-state index is -0.148. The minimum absolute atomic E-state index is 0.148. The third-order valence-corrected chi connectivity index (χ3v) is 3.23. The van der Waals surface area contributed by atoms with Crippen molar-refractivity contribution < 1.29 is 4.39 Å². The average molecular weight is 257 g/mol. The number of halogens is 1. The van der Waals surface area contributed by atoms with E-state index >= 15 is 0 Å². The molecule has 0 aromatic heterocycles. The maximum atomic E-state index is 13.4. The van der Waals surface area contributed by atoms with Gasteiger partial charge >= 0.3 is 0 Å². The highest BCUT2D eigenvalue weighted by molar-refractivity contribution is 5.68. The molecule has 1 N–H and O–H groups in total. The van der Waals surface area contributed by atoms with Gasteiger partial charge in [0.1, 0.15) is 5.82 Å². The number of hydrogen-bond donors (Lipinski definition) is 1. The van der Waals surface area contributed by atoms with Crippen LogP contribution in [0.4, 0.5) is 4.39 Å². The Balaban J connectivity index is 2.30. The molecule has 0 atom stereocenters. The van der Waals surface area contributed by atoms with Gasteiger partial charge in [0.05, 0.1) is 0 Å². The largest absolute Gasteiger partial charge is 0.313 e. The number of benzene rings is 2. The smallest absolute Gasteiger partial charge is 0.126 e. The molecule has 100 valence electrons. The zero-order chi connectivity index (χ0) is 13.7. The molecule has 2 heteroatoms. The lowest BCUT2D eigenvalue weighted by Gasteiger charge is -2.11. The normalized spacial score (nSPS) is 10.7. The van der Waals surface area contributed by atoms with Gasteiger partial charge in [0.15, 0.2) is 0 Å². The predicted octanol–water partition coefficient (Wildman–Crippen LogP) is 4.30. The van der Waals surface area contributed by atoms with Gasteiger partial charge in [-0.3, -0.25) is 0 Å². The molecule has 0 aliphatic heterocycles. The third-order valence-electron chi connectivity index (χ3n) is 3.23. The molecule has 2 aromatic carbocycles. The Hall–Kier alpha value is -1.67. The van der Waals surface area contributed by atoms with Crippen LogP contribution in [0.2, 0.25) is 0 Å². The maximum Gasteiger partial charge on any atom is 0.126 e. The Bertz CT molecular complexity index is 549. The highest BCUT2D eigenvalue weighted by atomic mass is 19.1. The summed E-state index contributed by atoms with van der Waals surface area (Å²) in [5.41, 5.74) is 4.19. The summed E-state index contributed by atoms with van der Waals surface area (Å²) in [5.74, 6) is -0.148. The Labute approximate surface area is 114 Å². The van der Waals surface area contributed by atoms with Crippen LogP contribution in [0.3, 0.4) is 0 Å². The first-order valence-corrected chi connectivity index (χ1v) is 6.77. The fourth-order valence-corrected chi connectivity index (χ4v) is 2.17. The second-order valence-corrected chi connectivity index (χ2v) is 4.80. The molecule has 0 amide bonds. The molecule has 0 aliphatic carbocycles. The van der Waals surface area contributed by atoms with Gasteiger partial charge in [-0.1, -0.05) is 37.3 Å². The van der Waals surface area contributed by atoms with Crippen LogP contribution in [0.1, 0.15) is 24.5 Å². The zero-order valence-corrected chi connectivity index (χ0v) is 11.5. The van der Waals surface area contributed by atoms with Crippen LogP contribution < -0.4 is 5.32 Å². The fourth-order valence-electron chi connectivity index (χ4n) is 2.17. The summed E-state index contributed by atoms with van der Waals surface area (Å²) in [6.45, 7) is 5.82. The Morgan fingerprint density at radius 1 is 1.11 bits per heavy atom. The molecule has 1 nitrogen and oxygen atoms in total. The van der Waals surface area contributed by atoms with Crippen molar-refractivity contribution in [1.29, 1.82) is 0 Å². The van der Waals surface area contributed by atoms with E-state index in [1.165, 1.54) is 11.1 Å². The number of aryl methyl sites for hydroxylation is 1. The molecule has 2 aromatic rings. The lowest BCUT2D eigenvalue weighted by molar-refractivity contribution is 0.618. The Kier molecular flexibility index (Phi) is 4.69. The van der Waals surface area contributed by atoms with Gasteiger partial charge in [0, 0.05) is 6.54 Å².